The molecule has 1 saturated heterocycles. The lowest BCUT2D eigenvalue weighted by atomic mass is 10.0. The Bertz CT molecular complexity index is 403. The SMILES string of the molecule is Cc1ccccc1CC(=O)N1CCC[C@H](N)C1. The minimum Gasteiger partial charge on any atom is -0.341 e. The van der Waals surface area contributed by atoms with Crippen LogP contribution in [0.1, 0.15) is 24.0 Å². The fourth-order valence-corrected chi connectivity index (χ4v) is 2.32. The van der Waals surface area contributed by atoms with E-state index in [0.717, 1.165) is 24.9 Å². The van der Waals surface area contributed by atoms with Gasteiger partial charge >= 0.3 is 0 Å². The second-order valence-electron chi connectivity index (χ2n) is 4.85. The second kappa shape index (κ2) is 5.32. The molecule has 0 radical (unpaired) electrons. The van der Waals surface area contributed by atoms with Crippen molar-refractivity contribution in [3.63, 3.8) is 0 Å². The molecular formula is C14H20N2O. The largest absolute Gasteiger partial charge is 0.341 e. The molecule has 1 aliphatic rings. The molecule has 1 aliphatic heterocycles. The summed E-state index contributed by atoms with van der Waals surface area (Å²) in [5.74, 6) is 0.203. The van der Waals surface area contributed by atoms with Gasteiger partial charge in [-0.2, -0.15) is 0 Å². The molecule has 17 heavy (non-hydrogen) atoms. The number of nitrogens with two attached hydrogens (primary N) is 1. The summed E-state index contributed by atoms with van der Waals surface area (Å²) in [4.78, 5) is 14.0. The van der Waals surface area contributed by atoms with Crippen molar-refractivity contribution in [2.24, 2.45) is 5.73 Å². The zero-order chi connectivity index (χ0) is 12.3. The van der Waals surface area contributed by atoms with Crippen molar-refractivity contribution in [2.75, 3.05) is 13.1 Å². The van der Waals surface area contributed by atoms with E-state index in [0.29, 0.717) is 13.0 Å². The zero-order valence-corrected chi connectivity index (χ0v) is 10.4. The third-order valence-corrected chi connectivity index (χ3v) is 3.41. The lowest BCUT2D eigenvalue weighted by Crippen LogP contribution is -2.46. The Morgan fingerprint density at radius 3 is 2.94 bits per heavy atom. The third-order valence-electron chi connectivity index (χ3n) is 3.41. The first-order valence-corrected chi connectivity index (χ1v) is 6.24. The van der Waals surface area contributed by atoms with Crippen molar-refractivity contribution >= 4 is 5.91 Å². The number of hydrogen-bond donors (Lipinski definition) is 1. The van der Waals surface area contributed by atoms with E-state index in [-0.39, 0.29) is 11.9 Å². The molecule has 0 aliphatic carbocycles. The minimum absolute atomic E-state index is 0.157. The predicted molar refractivity (Wildman–Crippen MR) is 68.7 cm³/mol. The van der Waals surface area contributed by atoms with Crippen LogP contribution in [0.25, 0.3) is 0 Å². The highest BCUT2D eigenvalue weighted by molar-refractivity contribution is 5.79. The molecule has 1 amide bonds. The Kier molecular flexibility index (Phi) is 3.79. The summed E-state index contributed by atoms with van der Waals surface area (Å²) in [5, 5.41) is 0. The highest BCUT2D eigenvalue weighted by Gasteiger charge is 2.21. The lowest BCUT2D eigenvalue weighted by Gasteiger charge is -2.31. The first-order chi connectivity index (χ1) is 8.16. The number of benzene rings is 1. The lowest BCUT2D eigenvalue weighted by molar-refractivity contribution is -0.131. The molecule has 0 saturated carbocycles. The molecule has 1 aromatic rings. The maximum atomic E-state index is 12.1. The van der Waals surface area contributed by atoms with Crippen LogP contribution in [0.15, 0.2) is 24.3 Å². The number of nitrogens with zero attached hydrogens (tertiary/aromatic N) is 1. The highest BCUT2D eigenvalue weighted by atomic mass is 16.2. The van der Waals surface area contributed by atoms with Gasteiger partial charge < -0.3 is 10.6 Å². The van der Waals surface area contributed by atoms with Crippen molar-refractivity contribution in [3.05, 3.63) is 35.4 Å². The van der Waals surface area contributed by atoms with Crippen LogP contribution < -0.4 is 5.73 Å². The molecule has 3 nitrogen and oxygen atoms in total. The van der Waals surface area contributed by atoms with Gasteiger partial charge in [0.1, 0.15) is 0 Å². The van der Waals surface area contributed by atoms with Gasteiger partial charge in [0.15, 0.2) is 0 Å². The first-order valence-electron chi connectivity index (χ1n) is 6.24. The molecular weight excluding hydrogens is 212 g/mol. The number of carbonyl (C=O) groups is 1. The molecule has 1 heterocycles. The van der Waals surface area contributed by atoms with E-state index in [4.69, 9.17) is 5.73 Å². The summed E-state index contributed by atoms with van der Waals surface area (Å²) in [7, 11) is 0. The molecule has 0 unspecified atom stereocenters. The number of hydrogen-bond acceptors (Lipinski definition) is 2. The molecule has 0 aromatic heterocycles. The molecule has 2 rings (SSSR count). The Morgan fingerprint density at radius 1 is 1.47 bits per heavy atom. The monoisotopic (exact) mass is 232 g/mol. The van der Waals surface area contributed by atoms with E-state index in [1.165, 1.54) is 5.56 Å². The van der Waals surface area contributed by atoms with Gasteiger partial charge in [-0.05, 0) is 30.9 Å². The molecule has 92 valence electrons. The molecule has 0 spiro atoms. The number of rotatable bonds is 2. The van der Waals surface area contributed by atoms with E-state index >= 15 is 0 Å². The number of carbonyl (C=O) groups excluding carboxylic acids is 1. The summed E-state index contributed by atoms with van der Waals surface area (Å²) in [6.45, 7) is 3.62. The zero-order valence-electron chi connectivity index (χ0n) is 10.4. The number of piperidine rings is 1. The standard InChI is InChI=1S/C14H20N2O/c1-11-5-2-3-6-12(11)9-14(17)16-8-4-7-13(15)10-16/h2-3,5-6,13H,4,7-10,15H2,1H3/t13-/m0/s1. The van der Waals surface area contributed by atoms with Crippen LogP contribution in [-0.4, -0.2) is 29.9 Å². The fourth-order valence-electron chi connectivity index (χ4n) is 2.32. The van der Waals surface area contributed by atoms with Gasteiger partial charge in [-0.25, -0.2) is 0 Å². The summed E-state index contributed by atoms with van der Waals surface area (Å²) in [6.07, 6.45) is 2.56. The van der Waals surface area contributed by atoms with Gasteiger partial charge in [0.25, 0.3) is 0 Å². The van der Waals surface area contributed by atoms with Gasteiger partial charge in [-0.1, -0.05) is 24.3 Å². The minimum atomic E-state index is 0.157. The second-order valence-corrected chi connectivity index (χ2v) is 4.85. The average molecular weight is 232 g/mol. The van der Waals surface area contributed by atoms with E-state index < -0.39 is 0 Å². The normalized spacial score (nSPS) is 20.4. The van der Waals surface area contributed by atoms with E-state index in [1.807, 2.05) is 36.1 Å². The third kappa shape index (κ3) is 3.07. The average Bonchev–Trinajstić information content (AvgIpc) is 2.32. The highest BCUT2D eigenvalue weighted by Crippen LogP contribution is 2.13. The smallest absolute Gasteiger partial charge is 0.227 e. The van der Waals surface area contributed by atoms with Gasteiger partial charge in [0, 0.05) is 19.1 Å². The Morgan fingerprint density at radius 2 is 2.24 bits per heavy atom. The molecule has 1 aromatic carbocycles. The summed E-state index contributed by atoms with van der Waals surface area (Å²) < 4.78 is 0. The Balaban J connectivity index is 1.99. The molecule has 1 fully saturated rings. The van der Waals surface area contributed by atoms with Crippen molar-refractivity contribution in [2.45, 2.75) is 32.2 Å². The quantitative estimate of drug-likeness (QED) is 0.839. The number of likely N-dealkylation sites (tertiary alicyclic amines) is 1. The van der Waals surface area contributed by atoms with Crippen molar-refractivity contribution < 1.29 is 4.79 Å². The summed E-state index contributed by atoms with van der Waals surface area (Å²) >= 11 is 0. The van der Waals surface area contributed by atoms with E-state index in [1.54, 1.807) is 0 Å². The van der Waals surface area contributed by atoms with Gasteiger partial charge in [-0.15, -0.1) is 0 Å². The summed E-state index contributed by atoms with van der Waals surface area (Å²) in [5.41, 5.74) is 8.20. The maximum Gasteiger partial charge on any atom is 0.227 e. The summed E-state index contributed by atoms with van der Waals surface area (Å²) in [6, 6.07) is 8.21. The number of aryl methyl sites for hydroxylation is 1. The van der Waals surface area contributed by atoms with Gasteiger partial charge in [0.05, 0.1) is 6.42 Å². The van der Waals surface area contributed by atoms with Crippen LogP contribution in [-0.2, 0) is 11.2 Å². The Labute approximate surface area is 103 Å². The van der Waals surface area contributed by atoms with Crippen LogP contribution in [0.2, 0.25) is 0 Å². The molecule has 0 bridgehead atoms. The first kappa shape index (κ1) is 12.1. The number of amides is 1. The van der Waals surface area contributed by atoms with Crippen LogP contribution >= 0.6 is 0 Å². The maximum absolute atomic E-state index is 12.1. The van der Waals surface area contributed by atoms with E-state index in [9.17, 15) is 4.79 Å². The van der Waals surface area contributed by atoms with Crippen molar-refractivity contribution in [1.29, 1.82) is 0 Å². The van der Waals surface area contributed by atoms with Crippen LogP contribution in [0, 0.1) is 6.92 Å². The fraction of sp³-hybridized carbons (Fsp3) is 0.500. The van der Waals surface area contributed by atoms with Crippen LogP contribution in [0.4, 0.5) is 0 Å². The molecule has 2 N–H and O–H groups in total. The Hall–Kier alpha value is -1.35. The molecule has 3 heteroatoms. The predicted octanol–water partition coefficient (Wildman–Crippen LogP) is 1.49. The van der Waals surface area contributed by atoms with E-state index in [2.05, 4.69) is 0 Å². The van der Waals surface area contributed by atoms with Crippen molar-refractivity contribution in [1.82, 2.24) is 4.90 Å². The van der Waals surface area contributed by atoms with Gasteiger partial charge in [0.2, 0.25) is 5.91 Å². The van der Waals surface area contributed by atoms with Gasteiger partial charge in [-0.3, -0.25) is 4.79 Å². The van der Waals surface area contributed by atoms with Crippen LogP contribution in [0.5, 0.6) is 0 Å². The topological polar surface area (TPSA) is 46.3 Å². The van der Waals surface area contributed by atoms with Crippen molar-refractivity contribution in [3.8, 4) is 0 Å². The molecule has 1 atom stereocenters. The van der Waals surface area contributed by atoms with Crippen LogP contribution in [0.3, 0.4) is 0 Å².